The summed E-state index contributed by atoms with van der Waals surface area (Å²) in [5, 5.41) is 0. The molecule has 11 nitrogen and oxygen atoms in total. The minimum Gasteiger partial charge on any atom is -0.456 e. The van der Waals surface area contributed by atoms with Gasteiger partial charge in [-0.3, -0.25) is 19.2 Å². The quantitative estimate of drug-likeness (QED) is 0.316. The number of carbonyl (C=O) groups is 4. The minimum absolute atomic E-state index is 0.0405. The second-order valence-electron chi connectivity index (χ2n) is 9.56. The van der Waals surface area contributed by atoms with Gasteiger partial charge < -0.3 is 33.2 Å². The summed E-state index contributed by atoms with van der Waals surface area (Å²) in [6.45, 7) is 4.77. The summed E-state index contributed by atoms with van der Waals surface area (Å²) in [4.78, 5) is 49.0. The Balaban J connectivity index is 1.83. The number of esters is 4. The molecule has 2 aromatic rings. The van der Waals surface area contributed by atoms with Gasteiger partial charge in [-0.25, -0.2) is 0 Å². The zero-order valence-corrected chi connectivity index (χ0v) is 22.6. The maximum Gasteiger partial charge on any atom is 0.305 e. The van der Waals surface area contributed by atoms with Crippen molar-refractivity contribution in [3.05, 3.63) is 71.8 Å². The Morgan fingerprint density at radius 2 is 1.15 bits per heavy atom. The van der Waals surface area contributed by atoms with Gasteiger partial charge in [0.2, 0.25) is 6.29 Å². The highest BCUT2D eigenvalue weighted by Crippen LogP contribution is 2.51. The van der Waals surface area contributed by atoms with E-state index in [-0.39, 0.29) is 13.2 Å². The van der Waals surface area contributed by atoms with Gasteiger partial charge in [-0.1, -0.05) is 60.7 Å². The highest BCUT2D eigenvalue weighted by Gasteiger charge is 2.77. The molecular formula is C29H32O11. The van der Waals surface area contributed by atoms with Crippen LogP contribution < -0.4 is 0 Å². The van der Waals surface area contributed by atoms with Crippen LogP contribution in [0.4, 0.5) is 0 Å². The summed E-state index contributed by atoms with van der Waals surface area (Å²) < 4.78 is 41.4. The lowest BCUT2D eigenvalue weighted by Crippen LogP contribution is -2.60. The average molecular weight is 557 g/mol. The monoisotopic (exact) mass is 556 g/mol. The molecule has 0 spiro atoms. The van der Waals surface area contributed by atoms with Crippen molar-refractivity contribution < 1.29 is 52.3 Å². The first-order valence-corrected chi connectivity index (χ1v) is 12.8. The first-order valence-electron chi connectivity index (χ1n) is 12.8. The molecule has 1 saturated heterocycles. The van der Waals surface area contributed by atoms with Gasteiger partial charge in [0.05, 0.1) is 13.2 Å². The molecule has 1 aliphatic heterocycles. The fourth-order valence-electron chi connectivity index (χ4n) is 5.17. The number of rotatable bonds is 10. The van der Waals surface area contributed by atoms with Gasteiger partial charge in [0.25, 0.3) is 0 Å². The number of carbonyl (C=O) groups excluding carboxylic acids is 4. The average Bonchev–Trinajstić information content (AvgIpc) is 3.30. The van der Waals surface area contributed by atoms with E-state index in [0.717, 1.165) is 11.1 Å². The topological polar surface area (TPSA) is 133 Å². The van der Waals surface area contributed by atoms with E-state index in [4.69, 9.17) is 33.2 Å². The Labute approximate surface area is 231 Å². The van der Waals surface area contributed by atoms with Crippen molar-refractivity contribution in [3.8, 4) is 0 Å². The molecule has 0 amide bonds. The van der Waals surface area contributed by atoms with E-state index in [1.807, 2.05) is 60.7 Å². The van der Waals surface area contributed by atoms with E-state index in [9.17, 15) is 19.2 Å². The summed E-state index contributed by atoms with van der Waals surface area (Å²) >= 11 is 0. The van der Waals surface area contributed by atoms with Crippen LogP contribution in [-0.4, -0.2) is 66.3 Å². The number of benzene rings is 2. The first-order chi connectivity index (χ1) is 19.1. The Hall–Kier alpha value is -3.80. The summed E-state index contributed by atoms with van der Waals surface area (Å²) in [7, 11) is 0. The molecule has 1 unspecified atom stereocenters. The van der Waals surface area contributed by atoms with Crippen LogP contribution in [0.3, 0.4) is 0 Å². The molecule has 214 valence electrons. The predicted molar refractivity (Wildman–Crippen MR) is 136 cm³/mol. The Kier molecular flexibility index (Phi) is 9.18. The lowest BCUT2D eigenvalue weighted by atomic mass is 9.90. The molecule has 0 aromatic heterocycles. The molecule has 2 aromatic carbocycles. The van der Waals surface area contributed by atoms with E-state index in [1.165, 1.54) is 27.7 Å². The Morgan fingerprint density at radius 3 is 1.68 bits per heavy atom. The molecular weight excluding hydrogens is 524 g/mol. The van der Waals surface area contributed by atoms with Crippen molar-refractivity contribution >= 4 is 23.9 Å². The van der Waals surface area contributed by atoms with Gasteiger partial charge in [0, 0.05) is 27.7 Å². The molecule has 0 radical (unpaired) electrons. The SMILES string of the molecule is CC(=O)OC1O[C@@H]2[C@H](OCc3ccccc3)[C@H](OC(C)=O)[C@H](OC(C)=O)[C@]2(OCc2ccccc2)[C@H]1OC(C)=O. The fourth-order valence-corrected chi connectivity index (χ4v) is 5.17. The molecule has 1 aliphatic carbocycles. The Morgan fingerprint density at radius 1 is 0.650 bits per heavy atom. The van der Waals surface area contributed by atoms with Crippen LogP contribution in [0.1, 0.15) is 38.8 Å². The predicted octanol–water partition coefficient (Wildman–Crippen LogP) is 2.62. The second-order valence-corrected chi connectivity index (χ2v) is 9.56. The van der Waals surface area contributed by atoms with E-state index in [1.54, 1.807) is 0 Å². The maximum absolute atomic E-state index is 12.4. The Bertz CT molecular complexity index is 1200. The summed E-state index contributed by atoms with van der Waals surface area (Å²) in [6, 6.07) is 18.3. The van der Waals surface area contributed by atoms with Gasteiger partial charge in [-0.15, -0.1) is 0 Å². The molecule has 1 heterocycles. The van der Waals surface area contributed by atoms with Crippen LogP contribution in [0.2, 0.25) is 0 Å². The fraction of sp³-hybridized carbons (Fsp3) is 0.448. The third kappa shape index (κ3) is 6.33. The van der Waals surface area contributed by atoms with E-state index in [0.29, 0.717) is 0 Å². The van der Waals surface area contributed by atoms with Gasteiger partial charge in [0.15, 0.2) is 23.9 Å². The van der Waals surface area contributed by atoms with Crippen molar-refractivity contribution in [2.24, 2.45) is 0 Å². The summed E-state index contributed by atoms with van der Waals surface area (Å²) in [5.74, 6) is -2.82. The molecule has 7 atom stereocenters. The highest BCUT2D eigenvalue weighted by molar-refractivity contribution is 5.69. The molecule has 4 rings (SSSR count). The second kappa shape index (κ2) is 12.6. The zero-order valence-electron chi connectivity index (χ0n) is 22.6. The van der Waals surface area contributed by atoms with Gasteiger partial charge in [-0.05, 0) is 11.1 Å². The zero-order chi connectivity index (χ0) is 28.9. The van der Waals surface area contributed by atoms with Crippen molar-refractivity contribution in [1.29, 1.82) is 0 Å². The number of fused-ring (bicyclic) bond motifs is 1. The van der Waals surface area contributed by atoms with E-state index in [2.05, 4.69) is 0 Å². The number of hydrogen-bond acceptors (Lipinski definition) is 11. The van der Waals surface area contributed by atoms with Gasteiger partial charge >= 0.3 is 23.9 Å². The normalized spacial score (nSPS) is 28.8. The summed E-state index contributed by atoms with van der Waals surface area (Å²) in [5.41, 5.74) is -0.247. The van der Waals surface area contributed by atoms with Crippen LogP contribution in [0.15, 0.2) is 60.7 Å². The summed E-state index contributed by atoms with van der Waals surface area (Å²) in [6.07, 6.45) is -7.67. The van der Waals surface area contributed by atoms with Crippen molar-refractivity contribution in [3.63, 3.8) is 0 Å². The molecule has 0 bridgehead atoms. The standard InChI is InChI=1S/C29H32O11/c1-17(30)36-24-23(34-15-21-11-7-5-8-12-21)25-29(26(24)37-18(2)31,35-16-22-13-9-6-10-14-22)27(38-19(3)32)28(40-25)39-20(4)33/h5-14,23-28H,15-16H2,1-4H3/t23-,24+,25-,26+,27+,28?,29+/m1/s1. The molecule has 1 saturated carbocycles. The molecule has 2 aliphatic rings. The molecule has 11 heteroatoms. The lowest BCUT2D eigenvalue weighted by molar-refractivity contribution is -0.228. The smallest absolute Gasteiger partial charge is 0.305 e. The maximum atomic E-state index is 12.4. The van der Waals surface area contributed by atoms with Crippen LogP contribution in [-0.2, 0) is 65.5 Å². The van der Waals surface area contributed by atoms with E-state index < -0.39 is 66.3 Å². The van der Waals surface area contributed by atoms with Crippen molar-refractivity contribution in [2.75, 3.05) is 0 Å². The van der Waals surface area contributed by atoms with Crippen LogP contribution >= 0.6 is 0 Å². The first kappa shape index (κ1) is 29.2. The lowest BCUT2D eigenvalue weighted by Gasteiger charge is -2.38. The number of hydrogen-bond donors (Lipinski definition) is 0. The van der Waals surface area contributed by atoms with Gasteiger partial charge in [0.1, 0.15) is 12.2 Å². The van der Waals surface area contributed by atoms with Crippen LogP contribution in [0.25, 0.3) is 0 Å². The van der Waals surface area contributed by atoms with Gasteiger partial charge in [-0.2, -0.15) is 0 Å². The van der Waals surface area contributed by atoms with Crippen molar-refractivity contribution in [2.45, 2.75) is 83.3 Å². The largest absolute Gasteiger partial charge is 0.456 e. The molecule has 0 N–H and O–H groups in total. The van der Waals surface area contributed by atoms with Crippen molar-refractivity contribution in [1.82, 2.24) is 0 Å². The van der Waals surface area contributed by atoms with Crippen LogP contribution in [0.5, 0.6) is 0 Å². The minimum atomic E-state index is -1.80. The third-order valence-electron chi connectivity index (χ3n) is 6.57. The molecule has 40 heavy (non-hydrogen) atoms. The molecule has 2 fully saturated rings. The highest BCUT2D eigenvalue weighted by atomic mass is 16.8. The number of ether oxygens (including phenoxy) is 7. The van der Waals surface area contributed by atoms with Crippen LogP contribution in [0, 0.1) is 0 Å². The third-order valence-corrected chi connectivity index (χ3v) is 6.57. The van der Waals surface area contributed by atoms with E-state index >= 15 is 0 Å².